The number of carbonyl (C=O) groups is 2. The Hall–Kier alpha value is -1.88. The van der Waals surface area contributed by atoms with E-state index in [0.717, 1.165) is 45.2 Å². The van der Waals surface area contributed by atoms with Crippen molar-refractivity contribution in [3.05, 3.63) is 35.4 Å². The number of benzene rings is 1. The number of aryl methyl sites for hydroxylation is 1. The average Bonchev–Trinajstić information content (AvgIpc) is 2.84. The number of carbonyl (C=O) groups excluding carboxylic acids is 1. The first kappa shape index (κ1) is 16.0. The fourth-order valence-electron chi connectivity index (χ4n) is 3.74. The normalized spacial score (nSPS) is 23.0. The summed E-state index contributed by atoms with van der Waals surface area (Å²) in [5.41, 5.74) is 2.67. The summed E-state index contributed by atoms with van der Waals surface area (Å²) in [5, 5.41) is 9.04. The van der Waals surface area contributed by atoms with E-state index in [1.54, 1.807) is 0 Å². The largest absolute Gasteiger partial charge is 0.480 e. The number of hydrogen-bond acceptors (Lipinski definition) is 3. The summed E-state index contributed by atoms with van der Waals surface area (Å²) in [4.78, 5) is 27.6. The zero-order valence-electron chi connectivity index (χ0n) is 13.4. The van der Waals surface area contributed by atoms with E-state index in [1.807, 2.05) is 6.07 Å². The van der Waals surface area contributed by atoms with Crippen molar-refractivity contribution in [3.63, 3.8) is 0 Å². The van der Waals surface area contributed by atoms with Crippen LogP contribution in [0.1, 0.15) is 36.8 Å². The maximum Gasteiger partial charge on any atom is 0.323 e. The third kappa shape index (κ3) is 3.72. The van der Waals surface area contributed by atoms with Gasteiger partial charge in [0.2, 0.25) is 5.91 Å². The summed E-state index contributed by atoms with van der Waals surface area (Å²) in [5.74, 6) is -0.940. The van der Waals surface area contributed by atoms with E-state index in [4.69, 9.17) is 5.11 Å². The number of fused-ring (bicyclic) bond motifs is 1. The molecule has 1 fully saturated rings. The number of carboxylic acid groups (broad SMARTS) is 1. The molecule has 1 amide bonds. The van der Waals surface area contributed by atoms with Crippen LogP contribution < -0.4 is 0 Å². The van der Waals surface area contributed by atoms with E-state index in [-0.39, 0.29) is 18.5 Å². The highest BCUT2D eigenvalue weighted by Crippen LogP contribution is 2.24. The topological polar surface area (TPSA) is 60.9 Å². The molecule has 3 rings (SSSR count). The first-order valence-corrected chi connectivity index (χ1v) is 8.46. The molecule has 0 bridgehead atoms. The molecule has 1 N–H and O–H groups in total. The summed E-state index contributed by atoms with van der Waals surface area (Å²) in [7, 11) is 0. The van der Waals surface area contributed by atoms with Crippen LogP contribution in [0.2, 0.25) is 0 Å². The van der Waals surface area contributed by atoms with E-state index in [2.05, 4.69) is 23.1 Å². The van der Waals surface area contributed by atoms with Crippen LogP contribution >= 0.6 is 0 Å². The number of rotatable bonds is 3. The van der Waals surface area contributed by atoms with Crippen molar-refractivity contribution in [2.24, 2.45) is 0 Å². The van der Waals surface area contributed by atoms with Gasteiger partial charge in [-0.15, -0.1) is 0 Å². The van der Waals surface area contributed by atoms with Gasteiger partial charge in [-0.3, -0.25) is 14.5 Å². The number of hydrogen-bond donors (Lipinski definition) is 1. The first-order valence-electron chi connectivity index (χ1n) is 8.46. The third-order valence-corrected chi connectivity index (χ3v) is 4.90. The molecule has 2 aliphatic rings. The molecule has 1 aromatic rings. The van der Waals surface area contributed by atoms with Crippen molar-refractivity contribution in [2.75, 3.05) is 19.6 Å². The lowest BCUT2D eigenvalue weighted by Gasteiger charge is -2.31. The van der Waals surface area contributed by atoms with Crippen molar-refractivity contribution in [3.8, 4) is 0 Å². The molecule has 1 unspecified atom stereocenters. The van der Waals surface area contributed by atoms with Gasteiger partial charge in [-0.05, 0) is 49.8 Å². The lowest BCUT2D eigenvalue weighted by molar-refractivity contribution is -0.146. The van der Waals surface area contributed by atoms with E-state index < -0.39 is 5.97 Å². The SMILES string of the molecule is O=C(O)CN1CCCCC(N2CCCc3ccccc3C2)C1=O. The molecule has 0 aromatic heterocycles. The lowest BCUT2D eigenvalue weighted by atomic mass is 10.0. The third-order valence-electron chi connectivity index (χ3n) is 4.90. The maximum atomic E-state index is 12.8. The highest BCUT2D eigenvalue weighted by molar-refractivity contribution is 5.85. The molecule has 1 aromatic carbocycles. The minimum atomic E-state index is -0.930. The minimum absolute atomic E-state index is 0.00992. The van der Waals surface area contributed by atoms with Gasteiger partial charge >= 0.3 is 5.97 Å². The number of aliphatic carboxylic acids is 1. The molecule has 5 heteroatoms. The number of likely N-dealkylation sites (tertiary alicyclic amines) is 1. The molecule has 0 aliphatic carbocycles. The van der Waals surface area contributed by atoms with Crippen molar-refractivity contribution in [1.82, 2.24) is 9.80 Å². The van der Waals surface area contributed by atoms with Gasteiger partial charge in [0.15, 0.2) is 0 Å². The molecule has 1 atom stereocenters. The van der Waals surface area contributed by atoms with Crippen LogP contribution in [0.25, 0.3) is 0 Å². The molecule has 2 aliphatic heterocycles. The van der Waals surface area contributed by atoms with E-state index in [9.17, 15) is 9.59 Å². The zero-order chi connectivity index (χ0) is 16.2. The fraction of sp³-hybridized carbons (Fsp3) is 0.556. The highest BCUT2D eigenvalue weighted by atomic mass is 16.4. The van der Waals surface area contributed by atoms with Crippen LogP contribution in [-0.4, -0.2) is 52.5 Å². The highest BCUT2D eigenvalue weighted by Gasteiger charge is 2.33. The molecule has 0 radical (unpaired) electrons. The van der Waals surface area contributed by atoms with Crippen molar-refractivity contribution in [1.29, 1.82) is 0 Å². The molecule has 5 nitrogen and oxygen atoms in total. The van der Waals surface area contributed by atoms with Gasteiger partial charge in [-0.1, -0.05) is 24.3 Å². The predicted molar refractivity (Wildman–Crippen MR) is 87.0 cm³/mol. The average molecular weight is 316 g/mol. The number of amides is 1. The molecule has 0 saturated carbocycles. The van der Waals surface area contributed by atoms with Crippen LogP contribution in [0.5, 0.6) is 0 Å². The summed E-state index contributed by atoms with van der Waals surface area (Å²) in [6.07, 6.45) is 4.79. The monoisotopic (exact) mass is 316 g/mol. The van der Waals surface area contributed by atoms with Crippen LogP contribution in [0.4, 0.5) is 0 Å². The summed E-state index contributed by atoms with van der Waals surface area (Å²) in [6, 6.07) is 8.25. The van der Waals surface area contributed by atoms with Crippen LogP contribution in [0, 0.1) is 0 Å². The quantitative estimate of drug-likeness (QED) is 0.925. The predicted octanol–water partition coefficient (Wildman–Crippen LogP) is 1.90. The molecule has 1 saturated heterocycles. The molecule has 124 valence electrons. The zero-order valence-corrected chi connectivity index (χ0v) is 13.4. The van der Waals surface area contributed by atoms with Crippen molar-refractivity contribution >= 4 is 11.9 Å². The van der Waals surface area contributed by atoms with Gasteiger partial charge in [0, 0.05) is 13.1 Å². The van der Waals surface area contributed by atoms with Gasteiger partial charge < -0.3 is 10.0 Å². The van der Waals surface area contributed by atoms with Gasteiger partial charge in [0.05, 0.1) is 6.04 Å². The Morgan fingerprint density at radius 1 is 1.13 bits per heavy atom. The first-order chi connectivity index (χ1) is 11.1. The second kappa shape index (κ2) is 7.13. The van der Waals surface area contributed by atoms with E-state index >= 15 is 0 Å². The van der Waals surface area contributed by atoms with Gasteiger partial charge in [0.1, 0.15) is 6.54 Å². The minimum Gasteiger partial charge on any atom is -0.480 e. The molecular weight excluding hydrogens is 292 g/mol. The molecule has 23 heavy (non-hydrogen) atoms. The number of nitrogens with zero attached hydrogens (tertiary/aromatic N) is 2. The Labute approximate surface area is 136 Å². The Balaban J connectivity index is 1.78. The molecule has 0 spiro atoms. The fourth-order valence-corrected chi connectivity index (χ4v) is 3.74. The Kier molecular flexibility index (Phi) is 4.96. The maximum absolute atomic E-state index is 12.8. The number of carboxylic acids is 1. The van der Waals surface area contributed by atoms with Crippen molar-refractivity contribution in [2.45, 2.75) is 44.7 Å². The van der Waals surface area contributed by atoms with Gasteiger partial charge in [-0.25, -0.2) is 0 Å². The van der Waals surface area contributed by atoms with E-state index in [0.29, 0.717) is 6.54 Å². The van der Waals surface area contributed by atoms with Gasteiger partial charge in [0.25, 0.3) is 0 Å². The van der Waals surface area contributed by atoms with Crippen LogP contribution in [-0.2, 0) is 22.6 Å². The Morgan fingerprint density at radius 2 is 1.91 bits per heavy atom. The van der Waals surface area contributed by atoms with Gasteiger partial charge in [-0.2, -0.15) is 0 Å². The van der Waals surface area contributed by atoms with E-state index in [1.165, 1.54) is 16.0 Å². The van der Waals surface area contributed by atoms with Crippen LogP contribution in [0.3, 0.4) is 0 Å². The Bertz CT molecular complexity index is 587. The standard InChI is InChI=1S/C18H24N2O3/c21-17(22)13-20-10-4-3-9-16(18(20)23)19-11-5-8-14-6-1-2-7-15(14)12-19/h1-2,6-7,16H,3-5,8-13H2,(H,21,22). The second-order valence-electron chi connectivity index (χ2n) is 6.51. The van der Waals surface area contributed by atoms with Crippen molar-refractivity contribution < 1.29 is 14.7 Å². The molecule has 2 heterocycles. The summed E-state index contributed by atoms with van der Waals surface area (Å²) >= 11 is 0. The molecular formula is C18H24N2O3. The Morgan fingerprint density at radius 3 is 2.70 bits per heavy atom. The smallest absolute Gasteiger partial charge is 0.323 e. The second-order valence-corrected chi connectivity index (χ2v) is 6.51. The lowest BCUT2D eigenvalue weighted by Crippen LogP contribution is -2.48. The van der Waals surface area contributed by atoms with Crippen LogP contribution in [0.15, 0.2) is 24.3 Å². The summed E-state index contributed by atoms with van der Waals surface area (Å²) in [6.45, 7) is 2.06. The summed E-state index contributed by atoms with van der Waals surface area (Å²) < 4.78 is 0.